The molecule has 0 saturated heterocycles. The summed E-state index contributed by atoms with van der Waals surface area (Å²) in [6.45, 7) is 9.15. The molecule has 1 unspecified atom stereocenters. The first kappa shape index (κ1) is 14.9. The molecule has 0 N–H and O–H groups in total. The summed E-state index contributed by atoms with van der Waals surface area (Å²) >= 11 is 1.33. The molecule has 0 saturated carbocycles. The molecule has 0 aliphatic heterocycles. The largest absolute Gasteiger partial charge is 0.465 e. The van der Waals surface area contributed by atoms with Crippen LogP contribution in [-0.2, 0) is 16.1 Å². The quantitative estimate of drug-likeness (QED) is 0.556. The van der Waals surface area contributed by atoms with E-state index in [1.165, 1.54) is 11.8 Å². The molecule has 6 nitrogen and oxygen atoms in total. The molecule has 0 spiro atoms. The number of tetrazole rings is 1. The van der Waals surface area contributed by atoms with Crippen molar-refractivity contribution in [3.63, 3.8) is 0 Å². The van der Waals surface area contributed by atoms with Crippen molar-refractivity contribution < 1.29 is 9.53 Å². The van der Waals surface area contributed by atoms with Gasteiger partial charge in [0.25, 0.3) is 0 Å². The molecule has 1 rings (SSSR count). The summed E-state index contributed by atoms with van der Waals surface area (Å²) < 4.78 is 6.81. The smallest absolute Gasteiger partial charge is 0.319 e. The van der Waals surface area contributed by atoms with Gasteiger partial charge in [-0.2, -0.15) is 0 Å². The molecule has 1 heterocycles. The second-order valence-electron chi connectivity index (χ2n) is 4.46. The molecule has 102 valence electrons. The van der Waals surface area contributed by atoms with Gasteiger partial charge in [0.1, 0.15) is 5.25 Å². The van der Waals surface area contributed by atoms with Crippen LogP contribution in [0.1, 0.15) is 34.1 Å². The first-order valence-electron chi connectivity index (χ1n) is 6.14. The number of nitrogens with zero attached hydrogens (tertiary/aromatic N) is 4. The van der Waals surface area contributed by atoms with Crippen LogP contribution in [0.25, 0.3) is 0 Å². The van der Waals surface area contributed by atoms with E-state index in [2.05, 4.69) is 29.4 Å². The van der Waals surface area contributed by atoms with Crippen molar-refractivity contribution in [2.45, 2.75) is 51.1 Å². The van der Waals surface area contributed by atoms with E-state index in [4.69, 9.17) is 4.74 Å². The molecular formula is C11H20N4O2S. The topological polar surface area (TPSA) is 69.9 Å². The van der Waals surface area contributed by atoms with Gasteiger partial charge in [0.15, 0.2) is 0 Å². The maximum atomic E-state index is 11.6. The first-order valence-corrected chi connectivity index (χ1v) is 7.02. The van der Waals surface area contributed by atoms with Crippen molar-refractivity contribution in [3.05, 3.63) is 0 Å². The highest BCUT2D eigenvalue weighted by molar-refractivity contribution is 8.00. The maximum absolute atomic E-state index is 11.6. The number of hydrogen-bond donors (Lipinski definition) is 0. The summed E-state index contributed by atoms with van der Waals surface area (Å²) in [6.07, 6.45) is 0.828. The van der Waals surface area contributed by atoms with Crippen molar-refractivity contribution in [1.29, 1.82) is 0 Å². The van der Waals surface area contributed by atoms with Gasteiger partial charge in [0.2, 0.25) is 5.16 Å². The predicted molar refractivity (Wildman–Crippen MR) is 69.2 cm³/mol. The van der Waals surface area contributed by atoms with Crippen LogP contribution in [0.15, 0.2) is 5.16 Å². The lowest BCUT2D eigenvalue weighted by atomic mass is 10.2. The zero-order valence-electron chi connectivity index (χ0n) is 11.3. The van der Waals surface area contributed by atoms with Crippen LogP contribution in [0.2, 0.25) is 0 Å². The van der Waals surface area contributed by atoms with Crippen LogP contribution in [0.4, 0.5) is 0 Å². The zero-order chi connectivity index (χ0) is 13.5. The summed E-state index contributed by atoms with van der Waals surface area (Å²) in [7, 11) is 0. The Hall–Kier alpha value is -1.11. The van der Waals surface area contributed by atoms with Gasteiger partial charge in [-0.25, -0.2) is 4.68 Å². The van der Waals surface area contributed by atoms with Crippen molar-refractivity contribution in [2.24, 2.45) is 5.92 Å². The van der Waals surface area contributed by atoms with Gasteiger partial charge >= 0.3 is 5.97 Å². The van der Waals surface area contributed by atoms with Gasteiger partial charge in [0, 0.05) is 6.54 Å². The standard InChI is InChI=1S/C11H20N4O2S/c1-5-6-17-10(16)9(4)18-11-12-13-14-15(11)7-8(2)3/h8-9H,5-7H2,1-4H3. The average molecular weight is 272 g/mol. The summed E-state index contributed by atoms with van der Waals surface area (Å²) in [5.41, 5.74) is 0. The van der Waals surface area contributed by atoms with E-state index in [1.807, 2.05) is 6.92 Å². The lowest BCUT2D eigenvalue weighted by Crippen LogP contribution is -2.18. The molecule has 18 heavy (non-hydrogen) atoms. The molecule has 0 aromatic carbocycles. The molecule has 0 aliphatic carbocycles. The Kier molecular flexibility index (Phi) is 6.11. The second kappa shape index (κ2) is 7.35. The zero-order valence-corrected chi connectivity index (χ0v) is 12.1. The molecular weight excluding hydrogens is 252 g/mol. The minimum Gasteiger partial charge on any atom is -0.465 e. The molecule has 0 bridgehead atoms. The lowest BCUT2D eigenvalue weighted by Gasteiger charge is -2.11. The molecule has 1 aromatic heterocycles. The van der Waals surface area contributed by atoms with Crippen molar-refractivity contribution in [1.82, 2.24) is 20.2 Å². The minimum atomic E-state index is -0.298. The van der Waals surface area contributed by atoms with Gasteiger partial charge in [0.05, 0.1) is 6.61 Å². The third kappa shape index (κ3) is 4.64. The van der Waals surface area contributed by atoms with E-state index < -0.39 is 0 Å². The van der Waals surface area contributed by atoms with Gasteiger partial charge in [-0.05, 0) is 29.7 Å². The Morgan fingerprint density at radius 3 is 2.78 bits per heavy atom. The number of carbonyl (C=O) groups is 1. The SMILES string of the molecule is CCCOC(=O)C(C)Sc1nnnn1CC(C)C. The van der Waals surface area contributed by atoms with Crippen LogP contribution in [0, 0.1) is 5.92 Å². The second-order valence-corrected chi connectivity index (χ2v) is 5.77. The highest BCUT2D eigenvalue weighted by Crippen LogP contribution is 2.21. The molecule has 1 atom stereocenters. The Bertz CT molecular complexity index is 381. The number of rotatable bonds is 7. The van der Waals surface area contributed by atoms with Gasteiger partial charge in [-0.15, -0.1) is 5.10 Å². The van der Waals surface area contributed by atoms with Crippen LogP contribution in [0.3, 0.4) is 0 Å². The molecule has 7 heteroatoms. The fraction of sp³-hybridized carbons (Fsp3) is 0.818. The van der Waals surface area contributed by atoms with Crippen LogP contribution < -0.4 is 0 Å². The van der Waals surface area contributed by atoms with E-state index in [1.54, 1.807) is 11.6 Å². The summed E-state index contributed by atoms with van der Waals surface area (Å²) in [5, 5.41) is 11.8. The normalized spacial score (nSPS) is 12.7. The minimum absolute atomic E-state index is 0.221. The third-order valence-corrected chi connectivity index (χ3v) is 3.15. The molecule has 0 fully saturated rings. The lowest BCUT2D eigenvalue weighted by molar-refractivity contribution is -0.142. The summed E-state index contributed by atoms with van der Waals surface area (Å²) in [6, 6.07) is 0. The van der Waals surface area contributed by atoms with Crippen LogP contribution >= 0.6 is 11.8 Å². The number of carbonyl (C=O) groups excluding carboxylic acids is 1. The highest BCUT2D eigenvalue weighted by atomic mass is 32.2. The number of esters is 1. The molecule has 0 amide bonds. The van der Waals surface area contributed by atoms with Crippen LogP contribution in [-0.4, -0.2) is 38.0 Å². The van der Waals surface area contributed by atoms with Crippen LogP contribution in [0.5, 0.6) is 0 Å². The Morgan fingerprint density at radius 1 is 1.44 bits per heavy atom. The molecule has 0 aliphatic rings. The van der Waals surface area contributed by atoms with Gasteiger partial charge in [-0.1, -0.05) is 32.5 Å². The van der Waals surface area contributed by atoms with Gasteiger partial charge < -0.3 is 4.74 Å². The Balaban J connectivity index is 2.56. The number of thioether (sulfide) groups is 1. The maximum Gasteiger partial charge on any atom is 0.319 e. The average Bonchev–Trinajstić information content (AvgIpc) is 2.72. The summed E-state index contributed by atoms with van der Waals surface area (Å²) in [5.74, 6) is 0.233. The molecule has 0 radical (unpaired) electrons. The number of ether oxygens (including phenoxy) is 1. The monoisotopic (exact) mass is 272 g/mol. The number of hydrogen-bond acceptors (Lipinski definition) is 6. The fourth-order valence-corrected chi connectivity index (χ4v) is 2.06. The van der Waals surface area contributed by atoms with E-state index in [-0.39, 0.29) is 11.2 Å². The van der Waals surface area contributed by atoms with Crippen molar-refractivity contribution in [2.75, 3.05) is 6.61 Å². The van der Waals surface area contributed by atoms with E-state index in [0.717, 1.165) is 13.0 Å². The van der Waals surface area contributed by atoms with Crippen molar-refractivity contribution in [3.8, 4) is 0 Å². The number of aromatic nitrogens is 4. The predicted octanol–water partition coefficient (Wildman–Crippen LogP) is 1.76. The van der Waals surface area contributed by atoms with Crippen molar-refractivity contribution >= 4 is 17.7 Å². The van der Waals surface area contributed by atoms with E-state index in [9.17, 15) is 4.79 Å². The van der Waals surface area contributed by atoms with Gasteiger partial charge in [-0.3, -0.25) is 4.79 Å². The highest BCUT2D eigenvalue weighted by Gasteiger charge is 2.19. The Morgan fingerprint density at radius 2 is 2.17 bits per heavy atom. The van der Waals surface area contributed by atoms with E-state index in [0.29, 0.717) is 17.7 Å². The summed E-state index contributed by atoms with van der Waals surface area (Å²) in [4.78, 5) is 11.6. The molecule has 1 aromatic rings. The Labute approximate surface area is 111 Å². The third-order valence-electron chi connectivity index (χ3n) is 2.10. The first-order chi connectivity index (χ1) is 8.54. The fourth-order valence-electron chi connectivity index (χ4n) is 1.27. The van der Waals surface area contributed by atoms with E-state index >= 15 is 0 Å².